The van der Waals surface area contributed by atoms with Crippen LogP contribution in [0.4, 0.5) is 5.69 Å². The molecule has 1 aromatic carbocycles. The van der Waals surface area contributed by atoms with Crippen LogP contribution in [0.3, 0.4) is 0 Å². The van der Waals surface area contributed by atoms with Crippen molar-refractivity contribution in [3.05, 3.63) is 29.3 Å². The third kappa shape index (κ3) is 3.31. The normalized spacial score (nSPS) is 23.8. The van der Waals surface area contributed by atoms with E-state index in [1.807, 2.05) is 18.2 Å². The highest BCUT2D eigenvalue weighted by molar-refractivity contribution is 6.05. The molecule has 0 aliphatic carbocycles. The van der Waals surface area contributed by atoms with Gasteiger partial charge in [0.1, 0.15) is 6.04 Å². The summed E-state index contributed by atoms with van der Waals surface area (Å²) in [6, 6.07) is 5.24. The van der Waals surface area contributed by atoms with Crippen LogP contribution in [0, 0.1) is 5.92 Å². The van der Waals surface area contributed by atoms with E-state index in [4.69, 9.17) is 0 Å². The lowest BCUT2D eigenvalue weighted by Gasteiger charge is -2.29. The summed E-state index contributed by atoms with van der Waals surface area (Å²) < 4.78 is 0. The number of nitrogens with one attached hydrogen (secondary N) is 3. The fraction of sp³-hybridized carbons (Fsp3) is 0.526. The molecule has 7 heteroatoms. The number of nitrogens with zero attached hydrogens (tertiary/aromatic N) is 1. The Kier molecular flexibility index (Phi) is 4.63. The van der Waals surface area contributed by atoms with E-state index in [9.17, 15) is 14.4 Å². The SMILES string of the molecule is O=C1CCC(N2Cc3cc(NCC4CCNCC4)ccc3C2=O)C(=O)N1. The van der Waals surface area contributed by atoms with Crippen molar-refractivity contribution in [2.24, 2.45) is 5.92 Å². The van der Waals surface area contributed by atoms with Gasteiger partial charge in [-0.25, -0.2) is 0 Å². The minimum absolute atomic E-state index is 0.126. The number of hydrogen-bond acceptors (Lipinski definition) is 5. The van der Waals surface area contributed by atoms with Crippen LogP contribution < -0.4 is 16.0 Å². The van der Waals surface area contributed by atoms with Gasteiger partial charge < -0.3 is 15.5 Å². The molecule has 3 N–H and O–H groups in total. The summed E-state index contributed by atoms with van der Waals surface area (Å²) >= 11 is 0. The highest BCUT2D eigenvalue weighted by Gasteiger charge is 2.39. The number of imide groups is 1. The standard InChI is InChI=1S/C19H24N4O3/c24-17-4-3-16(18(25)22-17)23-11-13-9-14(1-2-15(13)19(23)26)21-10-12-5-7-20-8-6-12/h1-2,9,12,16,20-21H,3-8,10-11H2,(H,22,24,25). The molecule has 26 heavy (non-hydrogen) atoms. The Morgan fingerprint density at radius 2 is 1.92 bits per heavy atom. The number of hydrogen-bond donors (Lipinski definition) is 3. The molecule has 0 aromatic heterocycles. The molecule has 138 valence electrons. The predicted octanol–water partition coefficient (Wildman–Crippen LogP) is 0.859. The number of rotatable bonds is 4. The number of anilines is 1. The van der Waals surface area contributed by atoms with Crippen LogP contribution in [0.15, 0.2) is 18.2 Å². The molecule has 7 nitrogen and oxygen atoms in total. The largest absolute Gasteiger partial charge is 0.385 e. The monoisotopic (exact) mass is 356 g/mol. The lowest BCUT2D eigenvalue weighted by atomic mass is 9.98. The fourth-order valence-corrected chi connectivity index (χ4v) is 4.03. The number of carbonyl (C=O) groups is 3. The van der Waals surface area contributed by atoms with Crippen molar-refractivity contribution in [3.8, 4) is 0 Å². The maximum absolute atomic E-state index is 12.7. The summed E-state index contributed by atoms with van der Waals surface area (Å²) in [4.78, 5) is 37.7. The highest BCUT2D eigenvalue weighted by atomic mass is 16.2. The first kappa shape index (κ1) is 17.0. The Bertz CT molecular complexity index is 742. The van der Waals surface area contributed by atoms with Crippen molar-refractivity contribution < 1.29 is 14.4 Å². The molecule has 2 fully saturated rings. The average molecular weight is 356 g/mol. The minimum atomic E-state index is -0.557. The van der Waals surface area contributed by atoms with Crippen LogP contribution in [0.25, 0.3) is 0 Å². The van der Waals surface area contributed by atoms with Gasteiger partial charge in [0.2, 0.25) is 11.8 Å². The van der Waals surface area contributed by atoms with Crippen molar-refractivity contribution in [1.82, 2.24) is 15.5 Å². The smallest absolute Gasteiger partial charge is 0.255 e. The van der Waals surface area contributed by atoms with Crippen molar-refractivity contribution in [3.63, 3.8) is 0 Å². The Morgan fingerprint density at radius 3 is 2.69 bits per heavy atom. The Morgan fingerprint density at radius 1 is 1.12 bits per heavy atom. The van der Waals surface area contributed by atoms with Crippen molar-refractivity contribution in [2.75, 3.05) is 25.0 Å². The molecule has 3 heterocycles. The molecule has 2 saturated heterocycles. The number of carbonyl (C=O) groups excluding carboxylic acids is 3. The van der Waals surface area contributed by atoms with Crippen LogP contribution in [0.5, 0.6) is 0 Å². The maximum atomic E-state index is 12.7. The molecule has 1 atom stereocenters. The van der Waals surface area contributed by atoms with E-state index >= 15 is 0 Å². The molecule has 3 aliphatic rings. The highest BCUT2D eigenvalue weighted by Crippen LogP contribution is 2.29. The van der Waals surface area contributed by atoms with Gasteiger partial charge in [-0.2, -0.15) is 0 Å². The zero-order chi connectivity index (χ0) is 18.1. The van der Waals surface area contributed by atoms with Gasteiger partial charge >= 0.3 is 0 Å². The molecule has 0 radical (unpaired) electrons. The summed E-state index contributed by atoms with van der Waals surface area (Å²) in [6.45, 7) is 3.51. The zero-order valence-electron chi connectivity index (χ0n) is 14.7. The number of amides is 3. The third-order valence-electron chi connectivity index (χ3n) is 5.58. The summed E-state index contributed by atoms with van der Waals surface area (Å²) in [5.74, 6) is -0.0861. The molecule has 3 amide bonds. The lowest BCUT2D eigenvalue weighted by molar-refractivity contribution is -0.136. The van der Waals surface area contributed by atoms with Crippen molar-refractivity contribution in [2.45, 2.75) is 38.3 Å². The number of benzene rings is 1. The summed E-state index contributed by atoms with van der Waals surface area (Å²) in [5, 5.41) is 9.19. The lowest BCUT2D eigenvalue weighted by Crippen LogP contribution is -2.52. The van der Waals surface area contributed by atoms with Gasteiger partial charge in [0, 0.05) is 30.8 Å². The van der Waals surface area contributed by atoms with Gasteiger partial charge in [0.05, 0.1) is 0 Å². The second-order valence-corrected chi connectivity index (χ2v) is 7.35. The summed E-state index contributed by atoms with van der Waals surface area (Å²) in [5.41, 5.74) is 2.61. The second kappa shape index (κ2) is 7.07. The zero-order valence-corrected chi connectivity index (χ0v) is 14.7. The van der Waals surface area contributed by atoms with E-state index in [-0.39, 0.29) is 24.1 Å². The van der Waals surface area contributed by atoms with Gasteiger partial charge in [-0.3, -0.25) is 19.7 Å². The minimum Gasteiger partial charge on any atom is -0.385 e. The van der Waals surface area contributed by atoms with E-state index < -0.39 is 6.04 Å². The molecule has 0 bridgehead atoms. The summed E-state index contributed by atoms with van der Waals surface area (Å²) in [7, 11) is 0. The van der Waals surface area contributed by atoms with E-state index in [2.05, 4.69) is 16.0 Å². The Balaban J connectivity index is 1.43. The summed E-state index contributed by atoms with van der Waals surface area (Å²) in [6.07, 6.45) is 3.03. The van der Waals surface area contributed by atoms with Crippen molar-refractivity contribution >= 4 is 23.4 Å². The Hall–Kier alpha value is -2.41. The number of fused-ring (bicyclic) bond motifs is 1. The molecule has 3 aliphatic heterocycles. The van der Waals surface area contributed by atoms with E-state index in [0.717, 1.165) is 30.9 Å². The fourth-order valence-electron chi connectivity index (χ4n) is 4.03. The maximum Gasteiger partial charge on any atom is 0.255 e. The molecular formula is C19H24N4O3. The quantitative estimate of drug-likeness (QED) is 0.696. The second-order valence-electron chi connectivity index (χ2n) is 7.35. The molecule has 4 rings (SSSR count). The van der Waals surface area contributed by atoms with Crippen LogP contribution >= 0.6 is 0 Å². The Labute approximate surface area is 152 Å². The first-order valence-electron chi connectivity index (χ1n) is 9.34. The molecular weight excluding hydrogens is 332 g/mol. The van der Waals surface area contributed by atoms with Gasteiger partial charge in [-0.1, -0.05) is 0 Å². The molecule has 0 saturated carbocycles. The predicted molar refractivity (Wildman–Crippen MR) is 96.6 cm³/mol. The average Bonchev–Trinajstić information content (AvgIpc) is 2.97. The number of piperidine rings is 2. The topological polar surface area (TPSA) is 90.5 Å². The molecule has 0 spiro atoms. The van der Waals surface area contributed by atoms with Crippen LogP contribution in [0.2, 0.25) is 0 Å². The van der Waals surface area contributed by atoms with Gasteiger partial charge in [0.15, 0.2) is 0 Å². The molecule has 1 aromatic rings. The first-order valence-corrected chi connectivity index (χ1v) is 9.34. The van der Waals surface area contributed by atoms with E-state index in [1.54, 1.807) is 4.90 Å². The van der Waals surface area contributed by atoms with Crippen LogP contribution in [-0.2, 0) is 16.1 Å². The van der Waals surface area contributed by atoms with Gasteiger partial charge in [-0.15, -0.1) is 0 Å². The van der Waals surface area contributed by atoms with E-state index in [1.165, 1.54) is 12.8 Å². The third-order valence-corrected chi connectivity index (χ3v) is 5.58. The van der Waals surface area contributed by atoms with Crippen LogP contribution in [-0.4, -0.2) is 48.3 Å². The first-order chi connectivity index (χ1) is 12.6. The van der Waals surface area contributed by atoms with Gasteiger partial charge in [0.25, 0.3) is 5.91 Å². The van der Waals surface area contributed by atoms with Gasteiger partial charge in [-0.05, 0) is 62.0 Å². The molecule has 1 unspecified atom stereocenters. The van der Waals surface area contributed by atoms with E-state index in [0.29, 0.717) is 24.4 Å². The van der Waals surface area contributed by atoms with Crippen LogP contribution in [0.1, 0.15) is 41.6 Å². The van der Waals surface area contributed by atoms with Crippen molar-refractivity contribution in [1.29, 1.82) is 0 Å².